The van der Waals surface area contributed by atoms with Gasteiger partial charge in [0.1, 0.15) is 12.1 Å². The molecule has 0 amide bonds. The Balaban J connectivity index is 2.23. The van der Waals surface area contributed by atoms with E-state index in [2.05, 4.69) is 29.1 Å². The van der Waals surface area contributed by atoms with Crippen LogP contribution in [0.3, 0.4) is 0 Å². The first kappa shape index (κ1) is 11.3. The lowest BCUT2D eigenvalue weighted by Gasteiger charge is -2.20. The molecule has 0 aliphatic heterocycles. The first-order chi connectivity index (χ1) is 7.72. The highest BCUT2D eigenvalue weighted by Crippen LogP contribution is 2.25. The second-order valence-electron chi connectivity index (χ2n) is 4.00. The van der Waals surface area contributed by atoms with Crippen molar-refractivity contribution in [3.05, 3.63) is 17.8 Å². The van der Waals surface area contributed by atoms with Gasteiger partial charge in [-0.1, -0.05) is 6.92 Å². The summed E-state index contributed by atoms with van der Waals surface area (Å²) >= 11 is 1.66. The molecule has 2 unspecified atom stereocenters. The Morgan fingerprint density at radius 3 is 3.00 bits per heavy atom. The van der Waals surface area contributed by atoms with Gasteiger partial charge in [0, 0.05) is 6.04 Å². The average Bonchev–Trinajstić information content (AvgIpc) is 2.77. The normalized spacial score (nSPS) is 14.9. The lowest BCUT2D eigenvalue weighted by Crippen LogP contribution is -2.29. The third-order valence-corrected chi connectivity index (χ3v) is 3.74. The van der Waals surface area contributed by atoms with Gasteiger partial charge in [-0.25, -0.2) is 9.97 Å². The number of hydrogen-bond acceptors (Lipinski definition) is 5. The Labute approximate surface area is 98.9 Å². The van der Waals surface area contributed by atoms with Crippen molar-refractivity contribution in [2.45, 2.75) is 19.9 Å². The van der Waals surface area contributed by atoms with Crippen LogP contribution in [0.1, 0.15) is 13.8 Å². The number of fused-ring (bicyclic) bond motifs is 1. The summed E-state index contributed by atoms with van der Waals surface area (Å²) < 4.78 is 1.11. The molecular formula is C11H16N4S. The van der Waals surface area contributed by atoms with E-state index >= 15 is 0 Å². The molecule has 2 atom stereocenters. The van der Waals surface area contributed by atoms with Crippen LogP contribution in [0.4, 0.5) is 5.82 Å². The SMILES string of the molecule is CC(CN)C(C)Nc1ncnc2ccsc12. The molecule has 0 fully saturated rings. The summed E-state index contributed by atoms with van der Waals surface area (Å²) in [5.74, 6) is 1.33. The van der Waals surface area contributed by atoms with Crippen molar-refractivity contribution in [2.24, 2.45) is 11.7 Å². The molecule has 0 radical (unpaired) electrons. The molecule has 4 nitrogen and oxygen atoms in total. The van der Waals surface area contributed by atoms with Crippen molar-refractivity contribution in [1.29, 1.82) is 0 Å². The van der Waals surface area contributed by atoms with E-state index in [4.69, 9.17) is 5.73 Å². The maximum Gasteiger partial charge on any atom is 0.147 e. The van der Waals surface area contributed by atoms with E-state index in [1.165, 1.54) is 0 Å². The standard InChI is InChI=1S/C11H16N4S/c1-7(5-12)8(2)15-11-10-9(3-4-16-10)13-6-14-11/h3-4,6-8H,5,12H2,1-2H3,(H,13,14,15). The third kappa shape index (κ3) is 2.15. The first-order valence-corrected chi connectivity index (χ1v) is 6.25. The highest BCUT2D eigenvalue weighted by molar-refractivity contribution is 7.17. The Kier molecular flexibility index (Phi) is 3.36. The molecule has 0 saturated carbocycles. The zero-order valence-corrected chi connectivity index (χ0v) is 10.3. The average molecular weight is 236 g/mol. The molecule has 0 aliphatic carbocycles. The van der Waals surface area contributed by atoms with Crippen LogP contribution in [0.5, 0.6) is 0 Å². The Morgan fingerprint density at radius 2 is 2.25 bits per heavy atom. The van der Waals surface area contributed by atoms with E-state index < -0.39 is 0 Å². The van der Waals surface area contributed by atoms with Gasteiger partial charge in [0.05, 0.1) is 10.2 Å². The number of nitrogens with two attached hydrogens (primary N) is 1. The van der Waals surface area contributed by atoms with E-state index in [1.807, 2.05) is 11.4 Å². The van der Waals surface area contributed by atoms with Crippen LogP contribution >= 0.6 is 11.3 Å². The van der Waals surface area contributed by atoms with Gasteiger partial charge in [-0.05, 0) is 30.8 Å². The van der Waals surface area contributed by atoms with E-state index in [1.54, 1.807) is 17.7 Å². The summed E-state index contributed by atoms with van der Waals surface area (Å²) in [6.45, 7) is 4.93. The quantitative estimate of drug-likeness (QED) is 0.853. The molecule has 0 bridgehead atoms. The number of hydrogen-bond donors (Lipinski definition) is 2. The van der Waals surface area contributed by atoms with Crippen LogP contribution in [-0.4, -0.2) is 22.6 Å². The molecule has 0 aliphatic rings. The van der Waals surface area contributed by atoms with Crippen LogP contribution < -0.4 is 11.1 Å². The van der Waals surface area contributed by atoms with E-state index in [-0.39, 0.29) is 0 Å². The predicted octanol–water partition coefficient (Wildman–Crippen LogP) is 2.09. The summed E-state index contributed by atoms with van der Waals surface area (Å²) in [5.41, 5.74) is 6.64. The molecule has 2 aromatic rings. The highest BCUT2D eigenvalue weighted by Gasteiger charge is 2.12. The van der Waals surface area contributed by atoms with Crippen LogP contribution in [0.2, 0.25) is 0 Å². The molecular weight excluding hydrogens is 220 g/mol. The summed E-state index contributed by atoms with van der Waals surface area (Å²) in [4.78, 5) is 8.49. The maximum absolute atomic E-state index is 5.65. The maximum atomic E-state index is 5.65. The second-order valence-corrected chi connectivity index (χ2v) is 4.92. The zero-order valence-electron chi connectivity index (χ0n) is 9.47. The summed E-state index contributed by atoms with van der Waals surface area (Å²) in [6.07, 6.45) is 1.59. The number of anilines is 1. The van der Waals surface area contributed by atoms with Crippen molar-refractivity contribution in [1.82, 2.24) is 9.97 Å². The molecule has 0 saturated heterocycles. The number of nitrogens with one attached hydrogen (secondary N) is 1. The number of rotatable bonds is 4. The Morgan fingerprint density at radius 1 is 1.44 bits per heavy atom. The Hall–Kier alpha value is -1.20. The van der Waals surface area contributed by atoms with E-state index in [0.29, 0.717) is 18.5 Å². The smallest absolute Gasteiger partial charge is 0.147 e. The molecule has 16 heavy (non-hydrogen) atoms. The number of nitrogens with zero attached hydrogens (tertiary/aromatic N) is 2. The van der Waals surface area contributed by atoms with Gasteiger partial charge in [-0.3, -0.25) is 0 Å². The van der Waals surface area contributed by atoms with E-state index in [9.17, 15) is 0 Å². The Bertz CT molecular complexity index is 468. The lowest BCUT2D eigenvalue weighted by molar-refractivity contribution is 0.520. The zero-order chi connectivity index (χ0) is 11.5. The largest absolute Gasteiger partial charge is 0.366 e. The van der Waals surface area contributed by atoms with Crippen LogP contribution in [-0.2, 0) is 0 Å². The minimum absolute atomic E-state index is 0.310. The lowest BCUT2D eigenvalue weighted by atomic mass is 10.0. The van der Waals surface area contributed by atoms with Gasteiger partial charge in [0.2, 0.25) is 0 Å². The molecule has 86 valence electrons. The topological polar surface area (TPSA) is 63.8 Å². The van der Waals surface area contributed by atoms with Crippen molar-refractivity contribution >= 4 is 27.4 Å². The third-order valence-electron chi connectivity index (χ3n) is 2.83. The molecule has 2 aromatic heterocycles. The monoisotopic (exact) mass is 236 g/mol. The minimum Gasteiger partial charge on any atom is -0.366 e. The fraction of sp³-hybridized carbons (Fsp3) is 0.455. The molecule has 5 heteroatoms. The second kappa shape index (κ2) is 4.76. The van der Waals surface area contributed by atoms with E-state index in [0.717, 1.165) is 16.0 Å². The molecule has 2 heterocycles. The number of aromatic nitrogens is 2. The van der Waals surface area contributed by atoms with Gasteiger partial charge in [0.15, 0.2) is 0 Å². The van der Waals surface area contributed by atoms with Crippen LogP contribution in [0.25, 0.3) is 10.2 Å². The van der Waals surface area contributed by atoms with Crippen molar-refractivity contribution < 1.29 is 0 Å². The van der Waals surface area contributed by atoms with Crippen LogP contribution in [0.15, 0.2) is 17.8 Å². The van der Waals surface area contributed by atoms with Crippen molar-refractivity contribution in [2.75, 3.05) is 11.9 Å². The van der Waals surface area contributed by atoms with Crippen molar-refractivity contribution in [3.8, 4) is 0 Å². The van der Waals surface area contributed by atoms with Gasteiger partial charge < -0.3 is 11.1 Å². The summed E-state index contributed by atoms with van der Waals surface area (Å²) in [5, 5.41) is 5.43. The fourth-order valence-electron chi connectivity index (χ4n) is 1.45. The van der Waals surface area contributed by atoms with Crippen LogP contribution in [0, 0.1) is 5.92 Å². The first-order valence-electron chi connectivity index (χ1n) is 5.37. The number of thiophene rings is 1. The molecule has 3 N–H and O–H groups in total. The molecule has 0 spiro atoms. The predicted molar refractivity (Wildman–Crippen MR) is 68.7 cm³/mol. The molecule has 0 aromatic carbocycles. The van der Waals surface area contributed by atoms with Crippen molar-refractivity contribution in [3.63, 3.8) is 0 Å². The fourth-order valence-corrected chi connectivity index (χ4v) is 2.25. The van der Waals surface area contributed by atoms with Gasteiger partial charge in [0.25, 0.3) is 0 Å². The highest BCUT2D eigenvalue weighted by atomic mass is 32.1. The van der Waals surface area contributed by atoms with Gasteiger partial charge in [-0.15, -0.1) is 11.3 Å². The summed E-state index contributed by atoms with van der Waals surface area (Å²) in [6, 6.07) is 2.31. The summed E-state index contributed by atoms with van der Waals surface area (Å²) in [7, 11) is 0. The van der Waals surface area contributed by atoms with Gasteiger partial charge in [-0.2, -0.15) is 0 Å². The minimum atomic E-state index is 0.310. The van der Waals surface area contributed by atoms with Gasteiger partial charge >= 0.3 is 0 Å². The molecule has 2 rings (SSSR count).